The van der Waals surface area contributed by atoms with Crippen molar-refractivity contribution in [2.75, 3.05) is 11.5 Å². The molecular formula is C18H19N3O2S2. The Labute approximate surface area is 152 Å². The van der Waals surface area contributed by atoms with Crippen molar-refractivity contribution in [2.24, 2.45) is 0 Å². The minimum absolute atomic E-state index is 0.0684. The SMILES string of the molecule is Cc1nnc(SCCS(=O)(=O)c2ccccc2)n1Cc1ccccc1. The van der Waals surface area contributed by atoms with Crippen molar-refractivity contribution in [3.05, 3.63) is 72.1 Å². The van der Waals surface area contributed by atoms with E-state index in [0.29, 0.717) is 17.2 Å². The largest absolute Gasteiger partial charge is 0.302 e. The lowest BCUT2D eigenvalue weighted by atomic mass is 10.2. The molecule has 0 atom stereocenters. The van der Waals surface area contributed by atoms with E-state index in [4.69, 9.17) is 0 Å². The number of rotatable bonds is 7. The molecule has 5 nitrogen and oxygen atoms in total. The normalized spacial score (nSPS) is 11.6. The van der Waals surface area contributed by atoms with Gasteiger partial charge in [-0.2, -0.15) is 0 Å². The third-order valence-electron chi connectivity index (χ3n) is 3.77. The number of sulfone groups is 1. The van der Waals surface area contributed by atoms with E-state index in [2.05, 4.69) is 10.2 Å². The Hall–Kier alpha value is -2.12. The number of hydrogen-bond acceptors (Lipinski definition) is 5. The first-order valence-electron chi connectivity index (χ1n) is 7.90. The maximum atomic E-state index is 12.3. The van der Waals surface area contributed by atoms with Gasteiger partial charge in [0, 0.05) is 5.75 Å². The van der Waals surface area contributed by atoms with Crippen molar-refractivity contribution in [1.82, 2.24) is 14.8 Å². The van der Waals surface area contributed by atoms with Crippen LogP contribution in [0.25, 0.3) is 0 Å². The van der Waals surface area contributed by atoms with Gasteiger partial charge in [0.1, 0.15) is 5.82 Å². The van der Waals surface area contributed by atoms with E-state index in [0.717, 1.165) is 16.5 Å². The lowest BCUT2D eigenvalue weighted by Gasteiger charge is -2.09. The number of thioether (sulfide) groups is 1. The fourth-order valence-corrected chi connectivity index (χ4v) is 5.06. The third-order valence-corrected chi connectivity index (χ3v) is 6.73. The highest BCUT2D eigenvalue weighted by Crippen LogP contribution is 2.20. The summed E-state index contributed by atoms with van der Waals surface area (Å²) in [7, 11) is -3.27. The molecule has 0 aliphatic rings. The van der Waals surface area contributed by atoms with Gasteiger partial charge < -0.3 is 4.57 Å². The van der Waals surface area contributed by atoms with Crippen LogP contribution in [0.2, 0.25) is 0 Å². The second-order valence-electron chi connectivity index (χ2n) is 5.58. The molecular weight excluding hydrogens is 354 g/mol. The number of aryl methyl sites for hydroxylation is 1. The van der Waals surface area contributed by atoms with E-state index in [-0.39, 0.29) is 5.75 Å². The first-order chi connectivity index (χ1) is 12.1. The molecule has 25 heavy (non-hydrogen) atoms. The van der Waals surface area contributed by atoms with Gasteiger partial charge in [-0.15, -0.1) is 10.2 Å². The minimum Gasteiger partial charge on any atom is -0.302 e. The van der Waals surface area contributed by atoms with Gasteiger partial charge in [0.15, 0.2) is 15.0 Å². The molecule has 0 saturated heterocycles. The van der Waals surface area contributed by atoms with Crippen LogP contribution in [0.5, 0.6) is 0 Å². The summed E-state index contributed by atoms with van der Waals surface area (Å²) < 4.78 is 26.7. The molecule has 0 N–H and O–H groups in total. The van der Waals surface area contributed by atoms with Gasteiger partial charge >= 0.3 is 0 Å². The van der Waals surface area contributed by atoms with Crippen LogP contribution in [0.1, 0.15) is 11.4 Å². The van der Waals surface area contributed by atoms with Crippen LogP contribution in [0.15, 0.2) is 70.7 Å². The van der Waals surface area contributed by atoms with Crippen molar-refractivity contribution in [3.63, 3.8) is 0 Å². The fourth-order valence-electron chi connectivity index (χ4n) is 2.40. The Morgan fingerprint density at radius 3 is 2.28 bits per heavy atom. The Kier molecular flexibility index (Phi) is 5.55. The van der Waals surface area contributed by atoms with E-state index in [1.54, 1.807) is 24.3 Å². The van der Waals surface area contributed by atoms with E-state index < -0.39 is 9.84 Å². The summed E-state index contributed by atoms with van der Waals surface area (Å²) in [5.74, 6) is 1.32. The standard InChI is InChI=1S/C18H19N3O2S2/c1-15-19-20-18(21(15)14-16-8-4-2-5-9-16)24-12-13-25(22,23)17-10-6-3-7-11-17/h2-11H,12-14H2,1H3. The number of nitrogens with zero attached hydrogens (tertiary/aromatic N) is 3. The Morgan fingerprint density at radius 2 is 1.60 bits per heavy atom. The molecule has 0 spiro atoms. The van der Waals surface area contributed by atoms with Crippen LogP contribution in [-0.2, 0) is 16.4 Å². The maximum Gasteiger partial charge on any atom is 0.191 e. The average molecular weight is 374 g/mol. The van der Waals surface area contributed by atoms with Crippen molar-refractivity contribution >= 4 is 21.6 Å². The molecule has 2 aromatic carbocycles. The molecule has 0 bridgehead atoms. The van der Waals surface area contributed by atoms with Gasteiger partial charge in [-0.05, 0) is 24.6 Å². The zero-order chi connectivity index (χ0) is 17.7. The number of benzene rings is 2. The van der Waals surface area contributed by atoms with Crippen LogP contribution < -0.4 is 0 Å². The number of hydrogen-bond donors (Lipinski definition) is 0. The second-order valence-corrected chi connectivity index (χ2v) is 8.75. The van der Waals surface area contributed by atoms with E-state index in [9.17, 15) is 8.42 Å². The van der Waals surface area contributed by atoms with Crippen molar-refractivity contribution < 1.29 is 8.42 Å². The topological polar surface area (TPSA) is 64.8 Å². The average Bonchev–Trinajstić information content (AvgIpc) is 2.97. The van der Waals surface area contributed by atoms with Crippen LogP contribution in [0.4, 0.5) is 0 Å². The maximum absolute atomic E-state index is 12.3. The van der Waals surface area contributed by atoms with Crippen molar-refractivity contribution in [3.8, 4) is 0 Å². The summed E-state index contributed by atoms with van der Waals surface area (Å²) in [4.78, 5) is 0.359. The van der Waals surface area contributed by atoms with E-state index in [1.807, 2.05) is 47.9 Å². The molecule has 0 aliphatic heterocycles. The lowest BCUT2D eigenvalue weighted by molar-refractivity contribution is 0.597. The lowest BCUT2D eigenvalue weighted by Crippen LogP contribution is -2.10. The molecule has 1 heterocycles. The molecule has 7 heteroatoms. The molecule has 0 aliphatic carbocycles. The summed E-state index contributed by atoms with van der Waals surface area (Å²) in [5, 5.41) is 9.05. The summed E-state index contributed by atoms with van der Waals surface area (Å²) in [6.07, 6.45) is 0. The van der Waals surface area contributed by atoms with Crippen molar-refractivity contribution in [1.29, 1.82) is 0 Å². The van der Waals surface area contributed by atoms with Crippen LogP contribution in [0.3, 0.4) is 0 Å². The number of aromatic nitrogens is 3. The first-order valence-corrected chi connectivity index (χ1v) is 10.5. The quantitative estimate of drug-likeness (QED) is 0.595. The van der Waals surface area contributed by atoms with Crippen molar-refractivity contribution in [2.45, 2.75) is 23.5 Å². The summed E-state index contributed by atoms with van der Waals surface area (Å²) in [5.41, 5.74) is 1.16. The first kappa shape index (κ1) is 17.7. The predicted octanol–water partition coefficient (Wildman–Crippen LogP) is 3.20. The zero-order valence-corrected chi connectivity index (χ0v) is 15.5. The molecule has 0 radical (unpaired) electrons. The summed E-state index contributed by atoms with van der Waals surface area (Å²) in [6.45, 7) is 2.58. The van der Waals surface area contributed by atoms with Crippen LogP contribution in [-0.4, -0.2) is 34.7 Å². The Balaban J connectivity index is 1.66. The van der Waals surface area contributed by atoms with Crippen LogP contribution >= 0.6 is 11.8 Å². The van der Waals surface area contributed by atoms with Gasteiger partial charge in [-0.3, -0.25) is 0 Å². The second kappa shape index (κ2) is 7.84. The summed E-state index contributed by atoms with van der Waals surface area (Å²) in [6, 6.07) is 18.6. The zero-order valence-electron chi connectivity index (χ0n) is 13.9. The van der Waals surface area contributed by atoms with Gasteiger partial charge in [0.05, 0.1) is 17.2 Å². The Bertz CT molecular complexity index is 923. The van der Waals surface area contributed by atoms with Gasteiger partial charge in [-0.1, -0.05) is 60.3 Å². The van der Waals surface area contributed by atoms with E-state index in [1.165, 1.54) is 11.8 Å². The molecule has 130 valence electrons. The van der Waals surface area contributed by atoms with Crippen LogP contribution in [0, 0.1) is 6.92 Å². The fraction of sp³-hybridized carbons (Fsp3) is 0.222. The van der Waals surface area contributed by atoms with Gasteiger partial charge in [0.25, 0.3) is 0 Å². The van der Waals surface area contributed by atoms with E-state index >= 15 is 0 Å². The predicted molar refractivity (Wildman–Crippen MR) is 99.5 cm³/mol. The van der Waals surface area contributed by atoms with Gasteiger partial charge in [-0.25, -0.2) is 8.42 Å². The minimum atomic E-state index is -3.27. The summed E-state index contributed by atoms with van der Waals surface area (Å²) >= 11 is 1.42. The molecule has 3 aromatic rings. The third kappa shape index (κ3) is 4.49. The smallest absolute Gasteiger partial charge is 0.191 e. The molecule has 0 saturated carbocycles. The monoisotopic (exact) mass is 373 g/mol. The highest BCUT2D eigenvalue weighted by molar-refractivity contribution is 8.00. The molecule has 0 unspecified atom stereocenters. The molecule has 0 fully saturated rings. The molecule has 0 amide bonds. The molecule has 3 rings (SSSR count). The molecule has 1 aromatic heterocycles. The Morgan fingerprint density at radius 1 is 0.960 bits per heavy atom. The van der Waals surface area contributed by atoms with Gasteiger partial charge in [0.2, 0.25) is 0 Å². The highest BCUT2D eigenvalue weighted by Gasteiger charge is 2.16. The highest BCUT2D eigenvalue weighted by atomic mass is 32.2.